The quantitative estimate of drug-likeness (QED) is 0.0511. The molecule has 2 aliphatic rings. The summed E-state index contributed by atoms with van der Waals surface area (Å²) < 4.78 is 0. The van der Waals surface area contributed by atoms with Crippen molar-refractivity contribution in [2.45, 2.75) is 127 Å². The summed E-state index contributed by atoms with van der Waals surface area (Å²) in [6.45, 7) is 5.48. The zero-order valence-corrected chi connectivity index (χ0v) is 30.6. The van der Waals surface area contributed by atoms with Gasteiger partial charge in [-0.25, -0.2) is 4.79 Å². The van der Waals surface area contributed by atoms with Gasteiger partial charge in [-0.05, 0) is 70.8 Å². The lowest BCUT2D eigenvalue weighted by molar-refractivity contribution is -0.145. The van der Waals surface area contributed by atoms with Crippen molar-refractivity contribution < 1.29 is 48.3 Å². The summed E-state index contributed by atoms with van der Waals surface area (Å²) in [5, 5.41) is 19.6. The Morgan fingerprint density at radius 2 is 1.28 bits per heavy atom. The van der Waals surface area contributed by atoms with Gasteiger partial charge in [0.2, 0.25) is 47.3 Å². The second-order valence-corrected chi connectivity index (χ2v) is 13.9. The van der Waals surface area contributed by atoms with Gasteiger partial charge in [0.05, 0.1) is 12.5 Å². The van der Waals surface area contributed by atoms with E-state index < -0.39 is 108 Å². The third-order valence-electron chi connectivity index (χ3n) is 9.27. The van der Waals surface area contributed by atoms with Gasteiger partial charge in [-0.15, -0.1) is 0 Å². The van der Waals surface area contributed by atoms with Crippen LogP contribution in [-0.2, 0) is 43.2 Å². The molecular weight excluding hydrogens is 696 g/mol. The minimum absolute atomic E-state index is 0.125. The second-order valence-electron chi connectivity index (χ2n) is 13.9. The Bertz CT molecular complexity index is 1380. The highest BCUT2D eigenvalue weighted by Gasteiger charge is 2.42. The molecule has 0 bridgehead atoms. The number of carbonyl (C=O) groups is 9. The zero-order valence-electron chi connectivity index (χ0n) is 30.6. The molecule has 0 aromatic rings. The van der Waals surface area contributed by atoms with Gasteiger partial charge in [0.15, 0.2) is 0 Å². The summed E-state index contributed by atoms with van der Waals surface area (Å²) in [4.78, 5) is 117. The molecule has 0 unspecified atom stereocenters. The number of carbonyl (C=O) groups excluding carboxylic acids is 8. The lowest BCUT2D eigenvalue weighted by Crippen LogP contribution is -2.60. The van der Waals surface area contributed by atoms with Crippen molar-refractivity contribution in [2.24, 2.45) is 28.9 Å². The van der Waals surface area contributed by atoms with E-state index in [2.05, 4.69) is 21.3 Å². The molecule has 20 heteroatoms. The van der Waals surface area contributed by atoms with Crippen molar-refractivity contribution in [1.82, 2.24) is 31.1 Å². The number of primary amides is 2. The molecule has 13 N–H and O–H groups in total. The van der Waals surface area contributed by atoms with Gasteiger partial charge < -0.3 is 59.1 Å². The van der Waals surface area contributed by atoms with Gasteiger partial charge >= 0.3 is 5.97 Å². The highest BCUT2D eigenvalue weighted by molar-refractivity contribution is 5.98. The predicted octanol–water partition coefficient (Wildman–Crippen LogP) is -3.73. The topological polar surface area (TPSA) is 333 Å². The summed E-state index contributed by atoms with van der Waals surface area (Å²) in [6, 6.07) is -8.09. The number of amides is 8. The molecule has 298 valence electrons. The van der Waals surface area contributed by atoms with Gasteiger partial charge in [-0.1, -0.05) is 13.8 Å². The number of likely N-dealkylation sites (tertiary alicyclic amines) is 2. The number of nitrogens with one attached hydrogen (secondary N) is 4. The smallest absolute Gasteiger partial charge is 0.326 e. The van der Waals surface area contributed by atoms with E-state index in [1.165, 1.54) is 16.7 Å². The van der Waals surface area contributed by atoms with Gasteiger partial charge in [0.1, 0.15) is 36.3 Å². The fourth-order valence-electron chi connectivity index (χ4n) is 6.31. The largest absolute Gasteiger partial charge is 0.480 e. The number of hydrogen-bond donors (Lipinski definition) is 9. The first-order chi connectivity index (χ1) is 24.9. The van der Waals surface area contributed by atoms with Gasteiger partial charge in [-0.2, -0.15) is 0 Å². The van der Waals surface area contributed by atoms with E-state index in [9.17, 15) is 48.3 Å². The van der Waals surface area contributed by atoms with Gasteiger partial charge in [0.25, 0.3) is 0 Å². The van der Waals surface area contributed by atoms with Crippen LogP contribution in [0.15, 0.2) is 0 Å². The van der Waals surface area contributed by atoms with E-state index in [1.807, 2.05) is 0 Å². The molecule has 2 aliphatic heterocycles. The van der Waals surface area contributed by atoms with E-state index in [-0.39, 0.29) is 38.8 Å². The van der Waals surface area contributed by atoms with E-state index in [0.29, 0.717) is 38.6 Å². The number of unbranched alkanes of at least 4 members (excludes halogenated alkanes) is 1. The normalized spacial score (nSPS) is 19.7. The predicted molar refractivity (Wildman–Crippen MR) is 188 cm³/mol. The number of carboxylic acids is 1. The molecule has 2 fully saturated rings. The van der Waals surface area contributed by atoms with Crippen LogP contribution in [0.3, 0.4) is 0 Å². The van der Waals surface area contributed by atoms with Crippen LogP contribution in [0.4, 0.5) is 0 Å². The van der Waals surface area contributed by atoms with E-state index >= 15 is 0 Å². The highest BCUT2D eigenvalue weighted by atomic mass is 16.4. The van der Waals surface area contributed by atoms with Crippen molar-refractivity contribution in [3.8, 4) is 0 Å². The third-order valence-corrected chi connectivity index (χ3v) is 9.27. The molecule has 0 aliphatic carbocycles. The van der Waals surface area contributed by atoms with Gasteiger partial charge in [-0.3, -0.25) is 38.4 Å². The second kappa shape index (κ2) is 21.0. The molecule has 20 nitrogen and oxygen atoms in total. The van der Waals surface area contributed by atoms with Crippen molar-refractivity contribution in [3.05, 3.63) is 0 Å². The average molecular weight is 753 g/mol. The molecular formula is C33H56N10O10. The minimum Gasteiger partial charge on any atom is -0.480 e. The number of aliphatic carboxylic acids is 1. The molecule has 7 atom stereocenters. The number of nitrogens with zero attached hydrogens (tertiary/aromatic N) is 2. The van der Waals surface area contributed by atoms with Crippen molar-refractivity contribution in [1.29, 1.82) is 0 Å². The van der Waals surface area contributed by atoms with Crippen molar-refractivity contribution in [3.63, 3.8) is 0 Å². The molecule has 0 saturated carbocycles. The van der Waals surface area contributed by atoms with Crippen LogP contribution in [0, 0.1) is 5.92 Å². The fraction of sp³-hybridized carbons (Fsp3) is 0.727. The van der Waals surface area contributed by atoms with E-state index in [0.717, 1.165) is 0 Å². The molecule has 2 heterocycles. The van der Waals surface area contributed by atoms with Crippen LogP contribution in [0.1, 0.15) is 85.0 Å². The Morgan fingerprint density at radius 1 is 0.717 bits per heavy atom. The molecule has 53 heavy (non-hydrogen) atoms. The Hall–Kier alpha value is -4.85. The maximum absolute atomic E-state index is 13.9. The van der Waals surface area contributed by atoms with Crippen LogP contribution in [0.2, 0.25) is 0 Å². The van der Waals surface area contributed by atoms with Crippen molar-refractivity contribution in [2.75, 3.05) is 19.6 Å². The summed E-state index contributed by atoms with van der Waals surface area (Å²) in [5.74, 6) is -7.33. The molecule has 0 aromatic heterocycles. The number of nitrogens with two attached hydrogens (primary N) is 4. The van der Waals surface area contributed by atoms with Crippen LogP contribution in [0.5, 0.6) is 0 Å². The summed E-state index contributed by atoms with van der Waals surface area (Å²) in [6.07, 6.45) is 1.66. The third kappa shape index (κ3) is 13.3. The number of carboxylic acid groups (broad SMARTS) is 1. The zero-order chi connectivity index (χ0) is 40.0. The Kier molecular flexibility index (Phi) is 17.6. The Morgan fingerprint density at radius 3 is 1.79 bits per heavy atom. The molecule has 2 saturated heterocycles. The molecule has 8 amide bonds. The maximum Gasteiger partial charge on any atom is 0.326 e. The number of hydrogen-bond acceptors (Lipinski definition) is 11. The van der Waals surface area contributed by atoms with Crippen LogP contribution in [0.25, 0.3) is 0 Å². The summed E-state index contributed by atoms with van der Waals surface area (Å²) in [5.41, 5.74) is 21.8. The lowest BCUT2D eigenvalue weighted by atomic mass is 10.0. The van der Waals surface area contributed by atoms with E-state index in [4.69, 9.17) is 22.9 Å². The average Bonchev–Trinajstić information content (AvgIpc) is 3.78. The van der Waals surface area contributed by atoms with Gasteiger partial charge in [0, 0.05) is 19.5 Å². The number of rotatable bonds is 21. The minimum atomic E-state index is -1.35. The van der Waals surface area contributed by atoms with E-state index in [1.54, 1.807) is 13.8 Å². The monoisotopic (exact) mass is 752 g/mol. The first kappa shape index (κ1) is 44.3. The fourth-order valence-corrected chi connectivity index (χ4v) is 6.31. The Balaban J connectivity index is 2.15. The SMILES string of the molecule is CC(C)[C@H](NC(=O)[C@@H]1CCCN1C(=O)[C@@H](N)CC(N)=O)C(=O)N1CCC[C@H]1C(=O)N[C@@H](CCC(N)=O)C(=O)N[C@@H](C)C(=O)N[C@@H](CCCCN)C(=O)O. The standard InChI is InChI=1S/C33H56N10O10/c1-17(2)26(41-30(49)23-10-6-14-42(23)31(50)19(35)16-25(37)45)32(51)43-15-7-9-22(43)29(48)39-20(11-12-24(36)44)28(47)38-18(3)27(46)40-21(33(52)53)8-4-5-13-34/h17-23,26H,4-16,34-35H2,1-3H3,(H2,36,44)(H2,37,45)(H,38,47)(H,39,48)(H,40,46)(H,41,49)(H,52,53)/t18-,19-,20-,21-,22-,23-,26-/m0/s1. The van der Waals surface area contributed by atoms with Crippen LogP contribution >= 0.6 is 0 Å². The van der Waals surface area contributed by atoms with Crippen molar-refractivity contribution >= 4 is 53.2 Å². The molecule has 0 spiro atoms. The summed E-state index contributed by atoms with van der Waals surface area (Å²) in [7, 11) is 0. The first-order valence-corrected chi connectivity index (χ1v) is 18.0. The Labute approximate surface area is 308 Å². The molecule has 0 radical (unpaired) electrons. The highest BCUT2D eigenvalue weighted by Crippen LogP contribution is 2.23. The lowest BCUT2D eigenvalue weighted by Gasteiger charge is -2.33. The molecule has 2 rings (SSSR count). The summed E-state index contributed by atoms with van der Waals surface area (Å²) >= 11 is 0. The maximum atomic E-state index is 13.9. The first-order valence-electron chi connectivity index (χ1n) is 18.0. The molecule has 0 aromatic carbocycles. The van der Waals surface area contributed by atoms with Crippen LogP contribution < -0.4 is 44.2 Å². The van der Waals surface area contributed by atoms with Crippen LogP contribution in [-0.4, -0.2) is 130 Å².